The second kappa shape index (κ2) is 16.6. The van der Waals surface area contributed by atoms with Crippen molar-refractivity contribution in [3.05, 3.63) is 89.2 Å². The van der Waals surface area contributed by atoms with Gasteiger partial charge in [-0.25, -0.2) is 0 Å². The average Bonchev–Trinajstić information content (AvgIpc) is 3.01. The minimum Gasteiger partial charge on any atom is -0.465 e. The van der Waals surface area contributed by atoms with Crippen molar-refractivity contribution in [2.75, 3.05) is 20.0 Å². The number of rotatable bonds is 17. The molecule has 0 fully saturated rings. The summed E-state index contributed by atoms with van der Waals surface area (Å²) in [5.74, 6) is -2.93. The Bertz CT molecular complexity index is 1550. The summed E-state index contributed by atoms with van der Waals surface area (Å²) in [4.78, 5) is 17.9. The monoisotopic (exact) mass is 759 g/mol. The SMILES string of the molecule is CCOC(=O)C(Cc1cccnc1)(c1ccc(C(OCOCC[Si](C)(C)C)(C(F)(F)F)C(F)(F)F)cc1)c1ccc(OC(F)F)c(OC(F)F)c1. The van der Waals surface area contributed by atoms with Gasteiger partial charge in [-0.05, 0) is 54.3 Å². The molecular formula is C33H35F10NO6Si. The first-order valence-corrected chi connectivity index (χ1v) is 18.9. The number of carbonyl (C=O) groups is 1. The molecule has 7 nitrogen and oxygen atoms in total. The highest BCUT2D eigenvalue weighted by atomic mass is 28.3. The van der Waals surface area contributed by atoms with Crippen LogP contribution in [0.1, 0.15) is 29.2 Å². The Morgan fingerprint density at radius 1 is 0.804 bits per heavy atom. The standard InChI is InChI=1S/C33H35F10NO6Si/c1-5-47-27(45)30(18-21-7-6-14-44-19-21,24-12-13-25(49-28(34)35)26(17-24)50-29(36)37)22-8-10-23(11-9-22)31(32(38,39)40,33(41,42)43)48-20-46-15-16-51(2,3)4/h6-14,17,19,28-29H,5,15-16,18,20H2,1-4H3. The highest BCUT2D eigenvalue weighted by Gasteiger charge is 2.73. The van der Waals surface area contributed by atoms with Gasteiger partial charge in [0.05, 0.1) is 6.61 Å². The van der Waals surface area contributed by atoms with Gasteiger partial charge in [0.1, 0.15) is 12.2 Å². The quantitative estimate of drug-likeness (QED) is 0.0447. The molecule has 282 valence electrons. The summed E-state index contributed by atoms with van der Waals surface area (Å²) in [6.07, 6.45) is -9.91. The van der Waals surface area contributed by atoms with Gasteiger partial charge in [0.25, 0.3) is 5.60 Å². The molecule has 2 aromatic carbocycles. The Balaban J connectivity index is 2.29. The first-order valence-electron chi connectivity index (χ1n) is 15.2. The molecule has 1 unspecified atom stereocenters. The van der Waals surface area contributed by atoms with E-state index in [0.717, 1.165) is 30.3 Å². The predicted molar refractivity (Wildman–Crippen MR) is 165 cm³/mol. The van der Waals surface area contributed by atoms with Crippen molar-refractivity contribution in [3.8, 4) is 11.5 Å². The molecule has 0 bridgehead atoms. The molecule has 0 aliphatic rings. The second-order valence-electron chi connectivity index (χ2n) is 12.3. The van der Waals surface area contributed by atoms with Gasteiger partial charge >= 0.3 is 31.5 Å². The lowest BCUT2D eigenvalue weighted by Gasteiger charge is -2.38. The molecule has 0 N–H and O–H groups in total. The fourth-order valence-electron chi connectivity index (χ4n) is 5.19. The zero-order valence-electron chi connectivity index (χ0n) is 27.7. The van der Waals surface area contributed by atoms with E-state index in [9.17, 15) is 48.7 Å². The lowest BCUT2D eigenvalue weighted by Crippen LogP contribution is -2.56. The Labute approximate surface area is 287 Å². The average molecular weight is 760 g/mol. The number of pyridine rings is 1. The molecule has 51 heavy (non-hydrogen) atoms. The number of nitrogens with zero attached hydrogens (tertiary/aromatic N) is 1. The van der Waals surface area contributed by atoms with Crippen LogP contribution in [0, 0.1) is 0 Å². The number of aromatic nitrogens is 1. The minimum atomic E-state index is -6.06. The lowest BCUT2D eigenvalue weighted by atomic mass is 9.70. The van der Waals surface area contributed by atoms with Gasteiger partial charge < -0.3 is 23.7 Å². The summed E-state index contributed by atoms with van der Waals surface area (Å²) in [5.41, 5.74) is -8.79. The minimum absolute atomic E-state index is 0.144. The fourth-order valence-corrected chi connectivity index (χ4v) is 5.95. The number of carbonyl (C=O) groups excluding carboxylic acids is 1. The third-order valence-electron chi connectivity index (χ3n) is 7.62. The highest BCUT2D eigenvalue weighted by molar-refractivity contribution is 6.76. The zero-order chi connectivity index (χ0) is 38.3. The van der Waals surface area contributed by atoms with Crippen LogP contribution in [0.15, 0.2) is 67.0 Å². The van der Waals surface area contributed by atoms with Crippen LogP contribution < -0.4 is 9.47 Å². The van der Waals surface area contributed by atoms with E-state index in [1.54, 1.807) is 0 Å². The number of ether oxygens (including phenoxy) is 5. The van der Waals surface area contributed by atoms with Crippen LogP contribution in [0.3, 0.4) is 0 Å². The molecule has 0 aliphatic carbocycles. The maximum Gasteiger partial charge on any atom is 0.430 e. The fraction of sp³-hybridized carbons (Fsp3) is 0.455. The van der Waals surface area contributed by atoms with E-state index >= 15 is 0 Å². The smallest absolute Gasteiger partial charge is 0.430 e. The molecule has 1 atom stereocenters. The third kappa shape index (κ3) is 9.91. The van der Waals surface area contributed by atoms with E-state index in [1.807, 2.05) is 19.6 Å². The van der Waals surface area contributed by atoms with Crippen LogP contribution in [0.2, 0.25) is 25.7 Å². The molecule has 3 aromatic rings. The summed E-state index contributed by atoms with van der Waals surface area (Å²) in [7, 11) is -1.76. The molecule has 0 amide bonds. The Morgan fingerprint density at radius 2 is 1.37 bits per heavy atom. The number of hydrogen-bond acceptors (Lipinski definition) is 7. The number of esters is 1. The van der Waals surface area contributed by atoms with Crippen molar-refractivity contribution in [3.63, 3.8) is 0 Å². The van der Waals surface area contributed by atoms with Crippen LogP contribution >= 0.6 is 0 Å². The van der Waals surface area contributed by atoms with Gasteiger partial charge in [-0.15, -0.1) is 0 Å². The summed E-state index contributed by atoms with van der Waals surface area (Å²) in [5, 5.41) is 0. The van der Waals surface area contributed by atoms with Crippen LogP contribution in [0.5, 0.6) is 11.5 Å². The van der Waals surface area contributed by atoms with Crippen LogP contribution in [0.4, 0.5) is 43.9 Å². The molecule has 1 aromatic heterocycles. The van der Waals surface area contributed by atoms with Crippen LogP contribution in [-0.2, 0) is 36.4 Å². The Hall–Kier alpha value is -3.90. The molecule has 0 saturated heterocycles. The molecule has 3 rings (SSSR count). The highest BCUT2D eigenvalue weighted by Crippen LogP contribution is 2.53. The number of halogens is 10. The number of alkyl halides is 10. The third-order valence-corrected chi connectivity index (χ3v) is 9.33. The predicted octanol–water partition coefficient (Wildman–Crippen LogP) is 9.03. The summed E-state index contributed by atoms with van der Waals surface area (Å²) < 4.78 is 164. The van der Waals surface area contributed by atoms with Gasteiger partial charge in [-0.2, -0.15) is 43.9 Å². The normalized spacial score (nSPS) is 14.0. The second-order valence-corrected chi connectivity index (χ2v) is 17.9. The van der Waals surface area contributed by atoms with Crippen molar-refractivity contribution in [1.29, 1.82) is 0 Å². The molecule has 18 heteroatoms. The van der Waals surface area contributed by atoms with Gasteiger partial charge in [0.15, 0.2) is 11.5 Å². The van der Waals surface area contributed by atoms with Crippen molar-refractivity contribution >= 4 is 14.0 Å². The van der Waals surface area contributed by atoms with Gasteiger partial charge in [-0.1, -0.05) is 56.0 Å². The maximum absolute atomic E-state index is 14.5. The summed E-state index contributed by atoms with van der Waals surface area (Å²) in [6.45, 7) is -1.64. The summed E-state index contributed by atoms with van der Waals surface area (Å²) in [6, 6.07) is 8.46. The lowest BCUT2D eigenvalue weighted by molar-refractivity contribution is -0.401. The van der Waals surface area contributed by atoms with E-state index < -0.39 is 80.9 Å². The van der Waals surface area contributed by atoms with E-state index in [0.29, 0.717) is 18.2 Å². The zero-order valence-corrected chi connectivity index (χ0v) is 28.7. The maximum atomic E-state index is 14.5. The van der Waals surface area contributed by atoms with E-state index in [2.05, 4.69) is 19.2 Å². The Morgan fingerprint density at radius 3 is 1.88 bits per heavy atom. The van der Waals surface area contributed by atoms with Gasteiger partial charge in [0, 0.05) is 32.6 Å². The molecule has 0 saturated carbocycles. The molecular weight excluding hydrogens is 724 g/mol. The number of benzene rings is 2. The molecule has 0 radical (unpaired) electrons. The van der Waals surface area contributed by atoms with Gasteiger partial charge in [0.2, 0.25) is 0 Å². The van der Waals surface area contributed by atoms with Gasteiger partial charge in [-0.3, -0.25) is 9.78 Å². The summed E-state index contributed by atoms with van der Waals surface area (Å²) >= 11 is 0. The van der Waals surface area contributed by atoms with Crippen molar-refractivity contribution in [2.24, 2.45) is 0 Å². The molecule has 0 aliphatic heterocycles. The van der Waals surface area contributed by atoms with E-state index in [4.69, 9.17) is 9.47 Å². The van der Waals surface area contributed by atoms with Crippen molar-refractivity contribution < 1.29 is 72.4 Å². The van der Waals surface area contributed by atoms with E-state index in [1.165, 1.54) is 31.5 Å². The topological polar surface area (TPSA) is 76.1 Å². The van der Waals surface area contributed by atoms with Crippen molar-refractivity contribution in [1.82, 2.24) is 4.98 Å². The first kappa shape index (κ1) is 41.5. The van der Waals surface area contributed by atoms with E-state index in [-0.39, 0.29) is 29.9 Å². The van der Waals surface area contributed by atoms with Crippen LogP contribution in [-0.4, -0.2) is 64.6 Å². The van der Waals surface area contributed by atoms with Crippen molar-refractivity contribution in [2.45, 2.75) is 75.6 Å². The first-order chi connectivity index (χ1) is 23.7. The molecule has 1 heterocycles. The molecule has 0 spiro atoms. The number of hydrogen-bond donors (Lipinski definition) is 0. The van der Waals surface area contributed by atoms with Crippen LogP contribution in [0.25, 0.3) is 0 Å². The Kier molecular flexibility index (Phi) is 13.5. The largest absolute Gasteiger partial charge is 0.465 e.